The summed E-state index contributed by atoms with van der Waals surface area (Å²) in [6.07, 6.45) is 0. The number of ether oxygens (including phenoxy) is 1. The maximum atomic E-state index is 12.4. The molecule has 0 aliphatic carbocycles. The van der Waals surface area contributed by atoms with Gasteiger partial charge in [0, 0.05) is 15.5 Å². The summed E-state index contributed by atoms with van der Waals surface area (Å²) in [4.78, 5) is 24.1. The van der Waals surface area contributed by atoms with Gasteiger partial charge >= 0.3 is 5.97 Å². The van der Waals surface area contributed by atoms with Gasteiger partial charge < -0.3 is 14.5 Å². The summed E-state index contributed by atoms with van der Waals surface area (Å²) >= 11 is 3.38. The minimum absolute atomic E-state index is 0.200. The first-order valence-corrected chi connectivity index (χ1v) is 7.96. The van der Waals surface area contributed by atoms with Crippen molar-refractivity contribution in [3.05, 3.63) is 63.8 Å². The molecule has 1 N–H and O–H groups in total. The number of nitrogens with one attached hydrogen (secondary N) is 1. The Morgan fingerprint density at radius 1 is 1.12 bits per heavy atom. The van der Waals surface area contributed by atoms with Gasteiger partial charge in [0.1, 0.15) is 5.58 Å². The van der Waals surface area contributed by atoms with Crippen LogP contribution < -0.4 is 5.32 Å². The molecule has 3 aromatic rings. The molecule has 2 aromatic carbocycles. The van der Waals surface area contributed by atoms with Crippen molar-refractivity contribution in [2.24, 2.45) is 0 Å². The molecule has 0 aliphatic rings. The molecule has 24 heavy (non-hydrogen) atoms. The number of aryl methyl sites for hydroxylation is 1. The average Bonchev–Trinajstić information content (AvgIpc) is 2.99. The van der Waals surface area contributed by atoms with Gasteiger partial charge in [0.25, 0.3) is 5.91 Å². The molecule has 1 heterocycles. The van der Waals surface area contributed by atoms with Crippen LogP contribution in [0.15, 0.2) is 51.4 Å². The van der Waals surface area contributed by atoms with Crippen molar-refractivity contribution >= 4 is 44.5 Å². The highest BCUT2D eigenvalue weighted by molar-refractivity contribution is 9.10. The molecule has 0 saturated heterocycles. The van der Waals surface area contributed by atoms with E-state index < -0.39 is 5.97 Å². The second kappa shape index (κ2) is 6.49. The van der Waals surface area contributed by atoms with E-state index in [1.54, 1.807) is 30.3 Å². The van der Waals surface area contributed by atoms with Gasteiger partial charge in [-0.15, -0.1) is 0 Å². The topological polar surface area (TPSA) is 68.5 Å². The van der Waals surface area contributed by atoms with Crippen LogP contribution in [-0.2, 0) is 4.74 Å². The van der Waals surface area contributed by atoms with Crippen molar-refractivity contribution in [1.29, 1.82) is 0 Å². The van der Waals surface area contributed by atoms with Crippen LogP contribution in [-0.4, -0.2) is 19.0 Å². The minimum Gasteiger partial charge on any atom is -0.465 e. The maximum Gasteiger partial charge on any atom is 0.337 e. The third kappa shape index (κ3) is 3.19. The number of halogens is 1. The number of methoxy groups -OCH3 is 1. The zero-order chi connectivity index (χ0) is 17.3. The van der Waals surface area contributed by atoms with Gasteiger partial charge in [-0.1, -0.05) is 22.0 Å². The third-order valence-electron chi connectivity index (χ3n) is 3.61. The molecular weight excluding hydrogens is 374 g/mol. The Hall–Kier alpha value is -2.60. The first kappa shape index (κ1) is 16.3. The van der Waals surface area contributed by atoms with E-state index in [9.17, 15) is 9.59 Å². The Kier molecular flexibility index (Phi) is 4.40. The zero-order valence-electron chi connectivity index (χ0n) is 13.1. The highest BCUT2D eigenvalue weighted by Crippen LogP contribution is 2.25. The monoisotopic (exact) mass is 387 g/mol. The summed E-state index contributed by atoms with van der Waals surface area (Å²) in [6.45, 7) is 1.84. The van der Waals surface area contributed by atoms with E-state index in [4.69, 9.17) is 9.15 Å². The lowest BCUT2D eigenvalue weighted by molar-refractivity contribution is 0.0600. The normalized spacial score (nSPS) is 10.6. The Morgan fingerprint density at radius 2 is 1.92 bits per heavy atom. The predicted octanol–water partition coefficient (Wildman–Crippen LogP) is 4.54. The number of hydrogen-bond donors (Lipinski definition) is 1. The second-order valence-corrected chi connectivity index (χ2v) is 6.18. The molecule has 0 atom stereocenters. The van der Waals surface area contributed by atoms with E-state index in [1.807, 2.05) is 19.1 Å². The number of hydrogen-bond acceptors (Lipinski definition) is 4. The summed E-state index contributed by atoms with van der Waals surface area (Å²) in [5, 5.41) is 3.60. The van der Waals surface area contributed by atoms with Crippen LogP contribution in [0.2, 0.25) is 0 Å². The van der Waals surface area contributed by atoms with Crippen LogP contribution in [0.25, 0.3) is 11.0 Å². The van der Waals surface area contributed by atoms with Crippen LogP contribution in [0.5, 0.6) is 0 Å². The van der Waals surface area contributed by atoms with Gasteiger partial charge in [0.2, 0.25) is 0 Å². The van der Waals surface area contributed by atoms with Gasteiger partial charge in [-0.05, 0) is 48.9 Å². The first-order valence-electron chi connectivity index (χ1n) is 7.17. The van der Waals surface area contributed by atoms with E-state index in [1.165, 1.54) is 7.11 Å². The lowest BCUT2D eigenvalue weighted by Gasteiger charge is -2.08. The minimum atomic E-state index is -0.459. The molecule has 5 nitrogen and oxygen atoms in total. The Labute approximate surface area is 146 Å². The van der Waals surface area contributed by atoms with E-state index in [0.717, 1.165) is 15.4 Å². The molecule has 1 aromatic heterocycles. The number of carbonyl (C=O) groups excluding carboxylic acids is 2. The van der Waals surface area contributed by atoms with Crippen molar-refractivity contribution in [2.45, 2.75) is 6.92 Å². The average molecular weight is 388 g/mol. The second-order valence-electron chi connectivity index (χ2n) is 5.27. The Bertz CT molecular complexity index is 945. The van der Waals surface area contributed by atoms with Crippen molar-refractivity contribution in [1.82, 2.24) is 0 Å². The highest BCUT2D eigenvalue weighted by atomic mass is 79.9. The first-order chi connectivity index (χ1) is 11.5. The molecular formula is C18H14BrNO4. The molecule has 3 rings (SSSR count). The number of anilines is 1. The maximum absolute atomic E-state index is 12.4. The number of amides is 1. The van der Waals surface area contributed by atoms with Crippen molar-refractivity contribution in [3.63, 3.8) is 0 Å². The fourth-order valence-electron chi connectivity index (χ4n) is 2.31. The van der Waals surface area contributed by atoms with Gasteiger partial charge in [-0.2, -0.15) is 0 Å². The highest BCUT2D eigenvalue weighted by Gasteiger charge is 2.15. The summed E-state index contributed by atoms with van der Waals surface area (Å²) in [6, 6.07) is 12.2. The summed E-state index contributed by atoms with van der Waals surface area (Å²) in [5.74, 6) is -0.641. The molecule has 0 fully saturated rings. The number of furan rings is 1. The quantitative estimate of drug-likeness (QED) is 0.669. The van der Waals surface area contributed by atoms with E-state index in [-0.39, 0.29) is 11.7 Å². The molecule has 122 valence electrons. The fourth-order valence-corrected chi connectivity index (χ4v) is 2.69. The lowest BCUT2D eigenvalue weighted by Crippen LogP contribution is -2.13. The lowest BCUT2D eigenvalue weighted by atomic mass is 10.1. The number of fused-ring (bicyclic) bond motifs is 1. The number of benzene rings is 2. The molecule has 0 bridgehead atoms. The van der Waals surface area contributed by atoms with Crippen molar-refractivity contribution < 1.29 is 18.7 Å². The molecule has 0 saturated carbocycles. The van der Waals surface area contributed by atoms with Crippen LogP contribution in [0.4, 0.5) is 5.69 Å². The van der Waals surface area contributed by atoms with Crippen LogP contribution in [0, 0.1) is 6.92 Å². The SMILES string of the molecule is COC(=O)c1ccc(C)c(NC(=O)c2cc3cc(Br)ccc3o2)c1. The predicted molar refractivity (Wildman–Crippen MR) is 94.4 cm³/mol. The number of rotatable bonds is 3. The zero-order valence-corrected chi connectivity index (χ0v) is 14.6. The van der Waals surface area contributed by atoms with E-state index in [2.05, 4.69) is 21.2 Å². The largest absolute Gasteiger partial charge is 0.465 e. The number of esters is 1. The molecule has 1 amide bonds. The van der Waals surface area contributed by atoms with Crippen molar-refractivity contribution in [3.8, 4) is 0 Å². The molecule has 6 heteroatoms. The smallest absolute Gasteiger partial charge is 0.337 e. The summed E-state index contributed by atoms with van der Waals surface area (Å²) in [7, 11) is 1.31. The van der Waals surface area contributed by atoms with Gasteiger partial charge in [-0.25, -0.2) is 4.79 Å². The van der Waals surface area contributed by atoms with Gasteiger partial charge in [0.05, 0.1) is 12.7 Å². The van der Waals surface area contributed by atoms with E-state index in [0.29, 0.717) is 16.8 Å². The van der Waals surface area contributed by atoms with Crippen molar-refractivity contribution in [2.75, 3.05) is 12.4 Å². The Morgan fingerprint density at radius 3 is 2.67 bits per heavy atom. The molecule has 0 radical (unpaired) electrons. The van der Waals surface area contributed by atoms with Crippen LogP contribution in [0.3, 0.4) is 0 Å². The van der Waals surface area contributed by atoms with Crippen LogP contribution >= 0.6 is 15.9 Å². The van der Waals surface area contributed by atoms with Gasteiger partial charge in [-0.3, -0.25) is 4.79 Å². The summed E-state index contributed by atoms with van der Waals surface area (Å²) in [5.41, 5.74) is 2.36. The third-order valence-corrected chi connectivity index (χ3v) is 4.10. The van der Waals surface area contributed by atoms with Crippen LogP contribution in [0.1, 0.15) is 26.5 Å². The Balaban J connectivity index is 1.89. The van der Waals surface area contributed by atoms with E-state index >= 15 is 0 Å². The van der Waals surface area contributed by atoms with Gasteiger partial charge in [0.15, 0.2) is 5.76 Å². The molecule has 0 spiro atoms. The summed E-state index contributed by atoms with van der Waals surface area (Å²) < 4.78 is 11.2. The molecule has 0 unspecified atom stereocenters. The number of carbonyl (C=O) groups is 2. The fraction of sp³-hybridized carbons (Fsp3) is 0.111. The molecule has 0 aliphatic heterocycles. The standard InChI is InChI=1S/C18H14BrNO4/c1-10-3-4-11(18(22)23-2)8-14(10)20-17(21)16-9-12-7-13(19)5-6-15(12)24-16/h3-9H,1-2H3,(H,20,21).